The molecule has 118 valence electrons. The Kier molecular flexibility index (Phi) is 4.44. The summed E-state index contributed by atoms with van der Waals surface area (Å²) in [6.45, 7) is 6.14. The van der Waals surface area contributed by atoms with Crippen LogP contribution in [0.4, 0.5) is 0 Å². The molecule has 0 bridgehead atoms. The van der Waals surface area contributed by atoms with Crippen LogP contribution in [-0.2, 0) is 26.0 Å². The molecule has 0 amide bonds. The van der Waals surface area contributed by atoms with Crippen LogP contribution in [0.15, 0.2) is 16.3 Å². The van der Waals surface area contributed by atoms with E-state index in [-0.39, 0.29) is 23.3 Å². The molecule has 8 heteroatoms. The summed E-state index contributed by atoms with van der Waals surface area (Å²) in [5, 5.41) is 8.76. The Bertz CT molecular complexity index is 635. The zero-order valence-electron chi connectivity index (χ0n) is 12.2. The van der Waals surface area contributed by atoms with Gasteiger partial charge in [0.1, 0.15) is 4.21 Å². The molecule has 21 heavy (non-hydrogen) atoms. The van der Waals surface area contributed by atoms with Crippen LogP contribution in [0.5, 0.6) is 0 Å². The molecule has 1 N–H and O–H groups in total. The largest absolute Gasteiger partial charge is 0.481 e. The van der Waals surface area contributed by atoms with Gasteiger partial charge < -0.3 is 9.84 Å². The van der Waals surface area contributed by atoms with Crippen molar-refractivity contribution in [3.63, 3.8) is 0 Å². The second-order valence-electron chi connectivity index (χ2n) is 5.78. The molecule has 0 radical (unpaired) electrons. The van der Waals surface area contributed by atoms with E-state index in [9.17, 15) is 13.2 Å². The van der Waals surface area contributed by atoms with Gasteiger partial charge in [0, 0.05) is 18.0 Å². The van der Waals surface area contributed by atoms with Gasteiger partial charge in [0.25, 0.3) is 10.0 Å². The van der Waals surface area contributed by atoms with Crippen LogP contribution in [0.2, 0.25) is 0 Å². The fourth-order valence-corrected chi connectivity index (χ4v) is 5.61. The van der Waals surface area contributed by atoms with Crippen molar-refractivity contribution in [3.05, 3.63) is 17.0 Å². The van der Waals surface area contributed by atoms with Crippen molar-refractivity contribution in [3.8, 4) is 0 Å². The maximum absolute atomic E-state index is 12.7. The molecule has 0 aliphatic carbocycles. The molecule has 1 atom stereocenters. The highest BCUT2D eigenvalue weighted by Crippen LogP contribution is 2.30. The van der Waals surface area contributed by atoms with Crippen molar-refractivity contribution in [2.24, 2.45) is 0 Å². The van der Waals surface area contributed by atoms with Crippen LogP contribution < -0.4 is 0 Å². The first-order valence-corrected chi connectivity index (χ1v) is 8.84. The number of nitrogens with zero attached hydrogens (tertiary/aromatic N) is 1. The third kappa shape index (κ3) is 3.82. The standard InChI is InChI=1S/C13H19NO5S2/c1-9-7-14(8-13(2,3)19-9)21(17,18)12-5-4-10(20-12)6-11(15)16/h4-5,9H,6-8H2,1-3H3,(H,15,16). The Balaban J connectivity index is 2.25. The predicted octanol–water partition coefficient (Wildman–Crippen LogP) is 1.56. The molecule has 6 nitrogen and oxygen atoms in total. The SMILES string of the molecule is CC1CN(S(=O)(=O)c2ccc(CC(=O)O)s2)CC(C)(C)O1. The quantitative estimate of drug-likeness (QED) is 0.904. The van der Waals surface area contributed by atoms with Crippen molar-refractivity contribution in [1.82, 2.24) is 4.31 Å². The molecule has 2 heterocycles. The number of morpholine rings is 1. The normalized spacial score (nSPS) is 23.1. The third-order valence-corrected chi connectivity index (χ3v) is 6.46. The van der Waals surface area contributed by atoms with Crippen molar-refractivity contribution < 1.29 is 23.1 Å². The molecule has 1 aliphatic rings. The molecule has 1 unspecified atom stereocenters. The van der Waals surface area contributed by atoms with Crippen molar-refractivity contribution in [2.45, 2.75) is 43.1 Å². The van der Waals surface area contributed by atoms with E-state index in [1.165, 1.54) is 10.4 Å². The first-order valence-electron chi connectivity index (χ1n) is 6.59. The molecule has 1 aliphatic heterocycles. The molecule has 1 saturated heterocycles. The minimum atomic E-state index is -3.60. The zero-order chi connectivity index (χ0) is 15.8. The van der Waals surface area contributed by atoms with Gasteiger partial charge in [0.2, 0.25) is 0 Å². The summed E-state index contributed by atoms with van der Waals surface area (Å²) in [7, 11) is -3.60. The van der Waals surface area contributed by atoms with E-state index in [2.05, 4.69) is 0 Å². The number of hydrogen-bond donors (Lipinski definition) is 1. The Morgan fingerprint density at radius 2 is 2.19 bits per heavy atom. The molecule has 0 aromatic carbocycles. The minimum absolute atomic E-state index is 0.162. The summed E-state index contributed by atoms with van der Waals surface area (Å²) in [6, 6.07) is 3.03. The van der Waals surface area contributed by atoms with Crippen LogP contribution >= 0.6 is 11.3 Å². The summed E-state index contributed by atoms with van der Waals surface area (Å²) in [5.41, 5.74) is -0.536. The van der Waals surface area contributed by atoms with E-state index >= 15 is 0 Å². The van der Waals surface area contributed by atoms with E-state index in [1.54, 1.807) is 6.07 Å². The van der Waals surface area contributed by atoms with E-state index in [4.69, 9.17) is 9.84 Å². The highest BCUT2D eigenvalue weighted by atomic mass is 32.2. The maximum Gasteiger partial charge on any atom is 0.308 e. The van der Waals surface area contributed by atoms with Crippen LogP contribution in [0.1, 0.15) is 25.6 Å². The topological polar surface area (TPSA) is 83.9 Å². The number of ether oxygens (including phenoxy) is 1. The lowest BCUT2D eigenvalue weighted by atomic mass is 10.1. The molecule has 1 fully saturated rings. The van der Waals surface area contributed by atoms with E-state index < -0.39 is 21.6 Å². The van der Waals surface area contributed by atoms with Gasteiger partial charge in [-0.3, -0.25) is 4.79 Å². The molecule has 2 rings (SSSR count). The Morgan fingerprint density at radius 3 is 2.76 bits per heavy atom. The van der Waals surface area contributed by atoms with Crippen LogP contribution in [0, 0.1) is 0 Å². The first-order chi connectivity index (χ1) is 9.60. The van der Waals surface area contributed by atoms with Crippen molar-refractivity contribution >= 4 is 27.3 Å². The summed E-state index contributed by atoms with van der Waals surface area (Å²) >= 11 is 1.01. The molecule has 1 aromatic rings. The number of carboxylic acids is 1. The third-order valence-electron chi connectivity index (χ3n) is 3.09. The lowest BCUT2D eigenvalue weighted by Gasteiger charge is -2.40. The van der Waals surface area contributed by atoms with Gasteiger partial charge in [-0.1, -0.05) is 0 Å². The monoisotopic (exact) mass is 333 g/mol. The molecular weight excluding hydrogens is 314 g/mol. The highest BCUT2D eigenvalue weighted by molar-refractivity contribution is 7.91. The number of thiophene rings is 1. The second-order valence-corrected chi connectivity index (χ2v) is 9.11. The molecule has 0 spiro atoms. The van der Waals surface area contributed by atoms with Crippen LogP contribution in [-0.4, -0.2) is 48.6 Å². The van der Waals surface area contributed by atoms with E-state index in [1.807, 2.05) is 20.8 Å². The lowest BCUT2D eigenvalue weighted by Crippen LogP contribution is -2.53. The number of carboxylic acid groups (broad SMARTS) is 1. The lowest BCUT2D eigenvalue weighted by molar-refractivity contribution is -0.136. The highest BCUT2D eigenvalue weighted by Gasteiger charge is 2.38. The van der Waals surface area contributed by atoms with Gasteiger partial charge in [-0.2, -0.15) is 4.31 Å². The summed E-state index contributed by atoms with van der Waals surface area (Å²) in [6.07, 6.45) is -0.340. The van der Waals surface area contributed by atoms with Crippen LogP contribution in [0.3, 0.4) is 0 Å². The van der Waals surface area contributed by atoms with Gasteiger partial charge >= 0.3 is 5.97 Å². The number of hydrogen-bond acceptors (Lipinski definition) is 5. The van der Waals surface area contributed by atoms with Gasteiger partial charge in [-0.15, -0.1) is 11.3 Å². The Hall–Kier alpha value is -0.960. The zero-order valence-corrected chi connectivity index (χ0v) is 13.8. The van der Waals surface area contributed by atoms with Crippen LogP contribution in [0.25, 0.3) is 0 Å². The average Bonchev–Trinajstić information content (AvgIpc) is 2.74. The number of rotatable bonds is 4. The van der Waals surface area contributed by atoms with Gasteiger partial charge in [-0.25, -0.2) is 8.42 Å². The van der Waals surface area contributed by atoms with Crippen molar-refractivity contribution in [2.75, 3.05) is 13.1 Å². The number of aliphatic carboxylic acids is 1. The average molecular weight is 333 g/mol. The van der Waals surface area contributed by atoms with Gasteiger partial charge in [0.15, 0.2) is 0 Å². The molecule has 0 saturated carbocycles. The van der Waals surface area contributed by atoms with Gasteiger partial charge in [-0.05, 0) is 32.9 Å². The summed E-state index contributed by atoms with van der Waals surface area (Å²) in [5.74, 6) is -0.970. The second kappa shape index (κ2) is 5.68. The fraction of sp³-hybridized carbons (Fsp3) is 0.615. The predicted molar refractivity (Wildman–Crippen MR) is 79.0 cm³/mol. The number of sulfonamides is 1. The fourth-order valence-electron chi connectivity index (χ4n) is 2.45. The Labute approximate surface area is 128 Å². The smallest absolute Gasteiger partial charge is 0.308 e. The maximum atomic E-state index is 12.7. The van der Waals surface area contributed by atoms with Gasteiger partial charge in [0.05, 0.1) is 18.1 Å². The molecule has 1 aromatic heterocycles. The minimum Gasteiger partial charge on any atom is -0.481 e. The number of carbonyl (C=O) groups is 1. The van der Waals surface area contributed by atoms with E-state index in [0.29, 0.717) is 11.4 Å². The summed E-state index contributed by atoms with van der Waals surface area (Å²) in [4.78, 5) is 11.2. The molecular formula is C13H19NO5S2. The first kappa shape index (κ1) is 16.4. The Morgan fingerprint density at radius 1 is 1.52 bits per heavy atom. The summed E-state index contributed by atoms with van der Waals surface area (Å²) < 4.78 is 32.6. The van der Waals surface area contributed by atoms with Crippen molar-refractivity contribution in [1.29, 1.82) is 0 Å². The van der Waals surface area contributed by atoms with E-state index in [0.717, 1.165) is 11.3 Å².